The molecule has 2 aromatic carbocycles. The van der Waals surface area contributed by atoms with Crippen molar-refractivity contribution in [3.63, 3.8) is 0 Å². The molecule has 30 heavy (non-hydrogen) atoms. The fraction of sp³-hybridized carbons (Fsp3) is 0.273. The highest BCUT2D eigenvalue weighted by molar-refractivity contribution is 7.91. The maximum atomic E-state index is 12.7. The van der Waals surface area contributed by atoms with Gasteiger partial charge in [0.1, 0.15) is 0 Å². The van der Waals surface area contributed by atoms with Gasteiger partial charge >= 0.3 is 0 Å². The number of carbonyl (C=O) groups is 1. The number of amides is 1. The third-order valence-electron chi connectivity index (χ3n) is 5.24. The standard InChI is InChI=1S/C22H22ClN3O3S/c1-15-2-6-17(7-3-15)21-12-20(25-26(21)19-10-11-30(28,29)14-19)22(27)24-13-16-4-8-18(23)9-5-16/h2-9,12,19H,10-11,13-14H2,1H3,(H,24,27)/t19-/m1/s1. The van der Waals surface area contributed by atoms with Crippen LogP contribution in [0.3, 0.4) is 0 Å². The van der Waals surface area contributed by atoms with E-state index in [4.69, 9.17) is 11.6 Å². The molecule has 0 saturated carbocycles. The molecule has 2 heterocycles. The van der Waals surface area contributed by atoms with Gasteiger partial charge in [-0.15, -0.1) is 0 Å². The summed E-state index contributed by atoms with van der Waals surface area (Å²) in [4.78, 5) is 12.7. The molecule has 156 valence electrons. The summed E-state index contributed by atoms with van der Waals surface area (Å²) in [5, 5.41) is 8.01. The lowest BCUT2D eigenvalue weighted by molar-refractivity contribution is 0.0945. The zero-order valence-corrected chi connectivity index (χ0v) is 18.1. The summed E-state index contributed by atoms with van der Waals surface area (Å²) in [5.74, 6) is -0.125. The van der Waals surface area contributed by atoms with Gasteiger partial charge in [-0.3, -0.25) is 9.48 Å². The Balaban J connectivity index is 1.61. The second-order valence-corrected chi connectivity index (χ2v) is 10.3. The molecule has 6 nitrogen and oxygen atoms in total. The van der Waals surface area contributed by atoms with Gasteiger partial charge in [-0.05, 0) is 42.7 Å². The normalized spacial score (nSPS) is 17.7. The summed E-state index contributed by atoms with van der Waals surface area (Å²) in [6.07, 6.45) is 0.495. The van der Waals surface area contributed by atoms with Crippen molar-refractivity contribution in [3.8, 4) is 11.3 Å². The number of nitrogens with zero attached hydrogens (tertiary/aromatic N) is 2. The summed E-state index contributed by atoms with van der Waals surface area (Å²) in [5.41, 5.74) is 3.95. The molecule has 1 aliphatic rings. The first kappa shape index (κ1) is 20.6. The van der Waals surface area contributed by atoms with Gasteiger partial charge in [0.15, 0.2) is 15.5 Å². The number of nitrogens with one attached hydrogen (secondary N) is 1. The zero-order valence-electron chi connectivity index (χ0n) is 16.5. The Kier molecular flexibility index (Phi) is 5.66. The number of hydrogen-bond acceptors (Lipinski definition) is 4. The lowest BCUT2D eigenvalue weighted by Crippen LogP contribution is -2.23. The van der Waals surface area contributed by atoms with E-state index in [0.717, 1.165) is 22.4 Å². The lowest BCUT2D eigenvalue weighted by Gasteiger charge is -2.13. The predicted molar refractivity (Wildman–Crippen MR) is 117 cm³/mol. The Bertz CT molecular complexity index is 1170. The minimum Gasteiger partial charge on any atom is -0.347 e. The van der Waals surface area contributed by atoms with Crippen molar-refractivity contribution in [1.29, 1.82) is 0 Å². The number of sulfone groups is 1. The largest absolute Gasteiger partial charge is 0.347 e. The lowest BCUT2D eigenvalue weighted by atomic mass is 10.1. The van der Waals surface area contributed by atoms with E-state index in [2.05, 4.69) is 10.4 Å². The van der Waals surface area contributed by atoms with E-state index in [1.807, 2.05) is 43.3 Å². The van der Waals surface area contributed by atoms with E-state index in [0.29, 0.717) is 18.0 Å². The number of aromatic nitrogens is 2. The maximum absolute atomic E-state index is 12.7. The van der Waals surface area contributed by atoms with Crippen LogP contribution in [0.25, 0.3) is 11.3 Å². The molecule has 1 aliphatic heterocycles. The molecular weight excluding hydrogens is 422 g/mol. The molecule has 0 radical (unpaired) electrons. The number of rotatable bonds is 5. The van der Waals surface area contributed by atoms with Crippen LogP contribution in [-0.4, -0.2) is 35.6 Å². The molecule has 1 N–H and O–H groups in total. The number of hydrogen-bond donors (Lipinski definition) is 1. The van der Waals surface area contributed by atoms with E-state index in [-0.39, 0.29) is 29.1 Å². The summed E-state index contributed by atoms with van der Waals surface area (Å²) in [6, 6.07) is 16.6. The molecular formula is C22H22ClN3O3S. The summed E-state index contributed by atoms with van der Waals surface area (Å²) in [6.45, 7) is 2.35. The minimum atomic E-state index is -3.08. The van der Waals surface area contributed by atoms with Crippen LogP contribution in [0.15, 0.2) is 54.6 Å². The minimum absolute atomic E-state index is 0.0410. The van der Waals surface area contributed by atoms with Gasteiger partial charge in [0.2, 0.25) is 0 Å². The summed E-state index contributed by atoms with van der Waals surface area (Å²) in [7, 11) is -3.08. The van der Waals surface area contributed by atoms with Crippen LogP contribution in [0.1, 0.15) is 34.1 Å². The molecule has 1 fully saturated rings. The molecule has 4 rings (SSSR count). The smallest absolute Gasteiger partial charge is 0.272 e. The van der Waals surface area contributed by atoms with Crippen molar-refractivity contribution in [3.05, 3.63) is 76.4 Å². The van der Waals surface area contributed by atoms with E-state index in [1.54, 1.807) is 22.9 Å². The van der Waals surface area contributed by atoms with Crippen LogP contribution in [0, 0.1) is 6.92 Å². The molecule has 0 aliphatic carbocycles. The van der Waals surface area contributed by atoms with Crippen molar-refractivity contribution in [2.24, 2.45) is 0 Å². The highest BCUT2D eigenvalue weighted by Crippen LogP contribution is 2.30. The van der Waals surface area contributed by atoms with Crippen LogP contribution in [0.4, 0.5) is 0 Å². The van der Waals surface area contributed by atoms with Gasteiger partial charge in [0.05, 0.1) is 23.2 Å². The predicted octanol–water partition coefficient (Wildman–Crippen LogP) is 3.80. The summed E-state index contributed by atoms with van der Waals surface area (Å²) >= 11 is 5.90. The summed E-state index contributed by atoms with van der Waals surface area (Å²) < 4.78 is 25.7. The molecule has 1 aromatic heterocycles. The second kappa shape index (κ2) is 8.24. The van der Waals surface area contributed by atoms with Crippen molar-refractivity contribution in [2.75, 3.05) is 11.5 Å². The van der Waals surface area contributed by atoms with Crippen molar-refractivity contribution in [2.45, 2.75) is 25.9 Å². The average Bonchev–Trinajstić information content (AvgIpc) is 3.31. The third-order valence-corrected chi connectivity index (χ3v) is 7.24. The van der Waals surface area contributed by atoms with Gasteiger partial charge in [-0.2, -0.15) is 5.10 Å². The van der Waals surface area contributed by atoms with Gasteiger partial charge in [0.25, 0.3) is 5.91 Å². The van der Waals surface area contributed by atoms with Crippen LogP contribution in [-0.2, 0) is 16.4 Å². The Morgan fingerprint density at radius 2 is 1.87 bits per heavy atom. The Morgan fingerprint density at radius 1 is 1.17 bits per heavy atom. The zero-order chi connectivity index (χ0) is 21.3. The van der Waals surface area contributed by atoms with Crippen LogP contribution < -0.4 is 5.32 Å². The monoisotopic (exact) mass is 443 g/mol. The quantitative estimate of drug-likeness (QED) is 0.650. The fourth-order valence-corrected chi connectivity index (χ4v) is 5.39. The van der Waals surface area contributed by atoms with Crippen LogP contribution in [0.5, 0.6) is 0 Å². The molecule has 0 spiro atoms. The van der Waals surface area contributed by atoms with Gasteiger partial charge in [-0.1, -0.05) is 53.6 Å². The molecule has 1 amide bonds. The van der Waals surface area contributed by atoms with Crippen molar-refractivity contribution < 1.29 is 13.2 Å². The first-order valence-electron chi connectivity index (χ1n) is 9.70. The Labute approximate surface area is 180 Å². The van der Waals surface area contributed by atoms with E-state index in [9.17, 15) is 13.2 Å². The Morgan fingerprint density at radius 3 is 2.50 bits per heavy atom. The molecule has 0 bridgehead atoms. The SMILES string of the molecule is Cc1ccc(-c2cc(C(=O)NCc3ccc(Cl)cc3)nn2[C@@H]2CCS(=O)(=O)C2)cc1. The molecule has 1 saturated heterocycles. The van der Waals surface area contributed by atoms with Crippen LogP contribution >= 0.6 is 11.6 Å². The average molecular weight is 444 g/mol. The maximum Gasteiger partial charge on any atom is 0.272 e. The third kappa shape index (κ3) is 4.57. The van der Waals surface area contributed by atoms with Gasteiger partial charge < -0.3 is 5.32 Å². The number of aryl methyl sites for hydroxylation is 1. The fourth-order valence-electron chi connectivity index (χ4n) is 3.57. The van der Waals surface area contributed by atoms with Gasteiger partial charge in [-0.25, -0.2) is 8.42 Å². The van der Waals surface area contributed by atoms with E-state index in [1.165, 1.54) is 0 Å². The molecule has 3 aromatic rings. The van der Waals surface area contributed by atoms with Gasteiger partial charge in [0, 0.05) is 11.6 Å². The van der Waals surface area contributed by atoms with E-state index < -0.39 is 9.84 Å². The van der Waals surface area contributed by atoms with Crippen molar-refractivity contribution >= 4 is 27.3 Å². The molecule has 8 heteroatoms. The number of benzene rings is 2. The molecule has 1 atom stereocenters. The number of carbonyl (C=O) groups excluding carboxylic acids is 1. The van der Waals surface area contributed by atoms with Crippen LogP contribution in [0.2, 0.25) is 5.02 Å². The highest BCUT2D eigenvalue weighted by Gasteiger charge is 2.32. The van der Waals surface area contributed by atoms with Crippen molar-refractivity contribution in [1.82, 2.24) is 15.1 Å². The molecule has 0 unspecified atom stereocenters. The first-order valence-corrected chi connectivity index (χ1v) is 11.9. The van der Waals surface area contributed by atoms with E-state index >= 15 is 0 Å². The Hall–Kier alpha value is -2.64. The highest BCUT2D eigenvalue weighted by atomic mass is 35.5. The number of halogens is 1. The first-order chi connectivity index (χ1) is 14.3. The topological polar surface area (TPSA) is 81.1 Å². The second-order valence-electron chi connectivity index (χ2n) is 7.59.